The molecule has 0 heterocycles. The molecule has 115 valence electrons. The Morgan fingerprint density at radius 1 is 0.714 bits per heavy atom. The number of phenolic OH excluding ortho intramolecular Hbond substituents is 2. The van der Waals surface area contributed by atoms with Crippen molar-refractivity contribution < 1.29 is 27.3 Å². The van der Waals surface area contributed by atoms with Crippen LogP contribution in [-0.2, 0) is 17.1 Å². The van der Waals surface area contributed by atoms with Crippen molar-refractivity contribution in [1.29, 1.82) is 0 Å². The number of aromatic hydroxyl groups is 2. The molecule has 2 aromatic carbocycles. The molecule has 0 spiro atoms. The van der Waals surface area contributed by atoms with Crippen LogP contribution in [0.25, 0.3) is 0 Å². The quantitative estimate of drug-likeness (QED) is 0.499. The normalized spacial score (nSPS) is 9.90. The van der Waals surface area contributed by atoms with Crippen LogP contribution in [0.5, 0.6) is 11.5 Å². The maximum Gasteiger partial charge on any atom is 0.124 e. The molecule has 21 heavy (non-hydrogen) atoms. The summed E-state index contributed by atoms with van der Waals surface area (Å²) in [5, 5.41) is 42.5. The van der Waals surface area contributed by atoms with Gasteiger partial charge in [0.2, 0.25) is 0 Å². The molecule has 0 saturated carbocycles. The van der Waals surface area contributed by atoms with E-state index in [2.05, 4.69) is 10.3 Å². The third-order valence-corrected chi connectivity index (χ3v) is 2.26. The van der Waals surface area contributed by atoms with E-state index in [4.69, 9.17) is 10.2 Å². The van der Waals surface area contributed by atoms with Gasteiger partial charge >= 0.3 is 0 Å². The Morgan fingerprint density at radius 2 is 1.05 bits per heavy atom. The number of para-hydroxylation sites is 2. The summed E-state index contributed by atoms with van der Waals surface area (Å²) in [5.74, 6) is 0.143. The summed E-state index contributed by atoms with van der Waals surface area (Å²) >= 11 is 0. The molecule has 7 heteroatoms. The fraction of sp³-hybridized carbons (Fsp3) is 0. The predicted molar refractivity (Wildman–Crippen MR) is 78.1 cm³/mol. The Balaban J connectivity index is 0.000000364. The van der Waals surface area contributed by atoms with Crippen molar-refractivity contribution in [3.8, 4) is 11.5 Å². The maximum atomic E-state index is 9.71. The van der Waals surface area contributed by atoms with Crippen molar-refractivity contribution in [2.45, 2.75) is 0 Å². The van der Waals surface area contributed by atoms with Gasteiger partial charge in [0, 0.05) is 40.6 Å². The fourth-order valence-electron chi connectivity index (χ4n) is 1.31. The van der Waals surface area contributed by atoms with Crippen LogP contribution in [0, 0.1) is 10.4 Å². The molecular weight excluding hydrogens is 324 g/mol. The van der Waals surface area contributed by atoms with E-state index in [0.717, 1.165) is 12.4 Å². The summed E-state index contributed by atoms with van der Waals surface area (Å²) < 4.78 is 0. The summed E-state index contributed by atoms with van der Waals surface area (Å²) in [5.41, 5.74) is 0.884. The van der Waals surface area contributed by atoms with E-state index in [-0.39, 0.29) is 28.6 Å². The van der Waals surface area contributed by atoms with Gasteiger partial charge in [0.15, 0.2) is 0 Å². The molecule has 0 saturated heterocycles. The molecule has 0 amide bonds. The minimum atomic E-state index is 0. The second kappa shape index (κ2) is 10.3. The molecule has 2 rings (SSSR count). The Hall–Kier alpha value is -2.50. The predicted octanol–water partition coefficient (Wildman–Crippen LogP) is 2.62. The number of phenols is 2. The molecule has 0 aliphatic rings. The van der Waals surface area contributed by atoms with Crippen LogP contribution < -0.4 is 0 Å². The molecule has 0 aliphatic carbocycles. The van der Waals surface area contributed by atoms with Gasteiger partial charge in [-0.15, -0.1) is 0 Å². The molecule has 0 aromatic heterocycles. The average Bonchev–Trinajstić information content (AvgIpc) is 2.45. The summed E-state index contributed by atoms with van der Waals surface area (Å²) in [4.78, 5) is 0. The van der Waals surface area contributed by atoms with Gasteiger partial charge in [0.25, 0.3) is 0 Å². The smallest absolute Gasteiger partial charge is 0.124 e. The molecule has 1 radical (unpaired) electrons. The van der Waals surface area contributed by atoms with E-state index in [1.165, 1.54) is 12.1 Å². The van der Waals surface area contributed by atoms with Crippen LogP contribution in [0.2, 0.25) is 0 Å². The molecule has 6 nitrogen and oxygen atoms in total. The first kappa shape index (κ1) is 18.5. The van der Waals surface area contributed by atoms with Crippen LogP contribution in [0.1, 0.15) is 11.1 Å². The number of hydrogen-bond donors (Lipinski definition) is 2. The van der Waals surface area contributed by atoms with E-state index in [1.807, 2.05) is 0 Å². The number of nitrogens with zero attached hydrogens (tertiary/aromatic N) is 2. The number of hydrogen-bond acceptors (Lipinski definition) is 6. The van der Waals surface area contributed by atoms with Gasteiger partial charge in [-0.1, -0.05) is 24.3 Å². The van der Waals surface area contributed by atoms with Crippen LogP contribution in [-0.4, -0.2) is 22.6 Å². The first-order valence-electron chi connectivity index (χ1n) is 5.56. The second-order valence-corrected chi connectivity index (χ2v) is 3.59. The van der Waals surface area contributed by atoms with Crippen LogP contribution in [0.3, 0.4) is 0 Å². The topological polar surface area (TPSA) is 111 Å². The minimum Gasteiger partial charge on any atom is -0.792 e. The average molecular weight is 336 g/mol. The summed E-state index contributed by atoms with van der Waals surface area (Å²) in [6, 6.07) is 13.0. The monoisotopic (exact) mass is 335 g/mol. The van der Waals surface area contributed by atoms with Gasteiger partial charge in [-0.05, 0) is 24.3 Å². The molecule has 0 atom stereocenters. The minimum absolute atomic E-state index is 0. The Labute approximate surface area is 132 Å². The molecule has 0 aliphatic heterocycles. The van der Waals surface area contributed by atoms with Gasteiger partial charge in [-0.25, -0.2) is 0 Å². The van der Waals surface area contributed by atoms with Crippen LogP contribution >= 0.6 is 0 Å². The first-order chi connectivity index (χ1) is 9.69. The standard InChI is InChI=1S/2C7H7NO2.Cu/c2*9-7-4-2-1-3-6(7)5-8-10;/h2*1-5,9-10H;/p-2. The molecular formula is C14H12CuN2O4-2. The summed E-state index contributed by atoms with van der Waals surface area (Å²) in [6.45, 7) is 0. The van der Waals surface area contributed by atoms with E-state index >= 15 is 0 Å². The third-order valence-electron chi connectivity index (χ3n) is 2.26. The van der Waals surface area contributed by atoms with Gasteiger partial charge in [-0.3, -0.25) is 0 Å². The zero-order chi connectivity index (χ0) is 14.8. The van der Waals surface area contributed by atoms with Crippen LogP contribution in [0.15, 0.2) is 58.8 Å². The number of benzene rings is 2. The van der Waals surface area contributed by atoms with Crippen molar-refractivity contribution in [3.05, 3.63) is 70.1 Å². The van der Waals surface area contributed by atoms with Gasteiger partial charge in [0.1, 0.15) is 11.5 Å². The SMILES string of the molecule is [Cu].[O-]N=Cc1ccccc1O.[O-]N=Cc1ccccc1O. The van der Waals surface area contributed by atoms with Gasteiger partial charge in [0.05, 0.1) is 0 Å². The first-order valence-corrected chi connectivity index (χ1v) is 5.56. The van der Waals surface area contributed by atoms with E-state index in [0.29, 0.717) is 11.1 Å². The fourth-order valence-corrected chi connectivity index (χ4v) is 1.31. The number of rotatable bonds is 2. The van der Waals surface area contributed by atoms with Crippen molar-refractivity contribution in [3.63, 3.8) is 0 Å². The van der Waals surface area contributed by atoms with Gasteiger partial charge < -0.3 is 30.9 Å². The molecule has 2 N–H and O–H groups in total. The van der Waals surface area contributed by atoms with Crippen molar-refractivity contribution in [2.75, 3.05) is 0 Å². The van der Waals surface area contributed by atoms with Gasteiger partial charge in [-0.2, -0.15) is 0 Å². The zero-order valence-electron chi connectivity index (χ0n) is 10.7. The molecule has 0 fully saturated rings. The van der Waals surface area contributed by atoms with Crippen molar-refractivity contribution in [1.82, 2.24) is 0 Å². The second-order valence-electron chi connectivity index (χ2n) is 3.59. The molecule has 0 unspecified atom stereocenters. The Morgan fingerprint density at radius 3 is 1.33 bits per heavy atom. The largest absolute Gasteiger partial charge is 0.792 e. The van der Waals surface area contributed by atoms with Crippen molar-refractivity contribution >= 4 is 12.4 Å². The van der Waals surface area contributed by atoms with E-state index in [1.54, 1.807) is 36.4 Å². The van der Waals surface area contributed by atoms with E-state index < -0.39 is 0 Å². The summed E-state index contributed by atoms with van der Waals surface area (Å²) in [7, 11) is 0. The third kappa shape index (κ3) is 6.47. The van der Waals surface area contributed by atoms with Crippen molar-refractivity contribution in [2.24, 2.45) is 10.3 Å². The zero-order valence-corrected chi connectivity index (χ0v) is 11.6. The van der Waals surface area contributed by atoms with Crippen LogP contribution in [0.4, 0.5) is 0 Å². The Bertz CT molecular complexity index is 550. The maximum absolute atomic E-state index is 9.71. The van der Waals surface area contributed by atoms with E-state index in [9.17, 15) is 10.4 Å². The Kier molecular flexibility index (Phi) is 9.08. The summed E-state index contributed by atoms with van der Waals surface area (Å²) in [6.07, 6.45) is 2.13. The molecule has 0 bridgehead atoms. The molecule has 2 aromatic rings.